The maximum absolute atomic E-state index is 12.0. The van der Waals surface area contributed by atoms with E-state index in [1.54, 1.807) is 0 Å². The molecule has 128 valence electrons. The molecule has 1 aromatic heterocycles. The third-order valence-electron chi connectivity index (χ3n) is 4.65. The Balaban J connectivity index is 1.72. The van der Waals surface area contributed by atoms with E-state index in [9.17, 15) is 9.59 Å². The molecule has 1 saturated heterocycles. The van der Waals surface area contributed by atoms with Crippen molar-refractivity contribution in [2.24, 2.45) is 5.92 Å². The lowest BCUT2D eigenvalue weighted by Crippen LogP contribution is -2.34. The Labute approximate surface area is 137 Å². The van der Waals surface area contributed by atoms with Gasteiger partial charge in [0.1, 0.15) is 0 Å². The zero-order valence-electron chi connectivity index (χ0n) is 14.4. The van der Waals surface area contributed by atoms with Gasteiger partial charge in [0.15, 0.2) is 0 Å². The number of carbonyl (C=O) groups is 1. The minimum absolute atomic E-state index is 0.0687. The van der Waals surface area contributed by atoms with E-state index in [-0.39, 0.29) is 11.6 Å². The highest BCUT2D eigenvalue weighted by Crippen LogP contribution is 2.17. The Morgan fingerprint density at radius 2 is 2.22 bits per heavy atom. The molecular weight excluding hydrogens is 292 g/mol. The Bertz CT molecular complexity index is 570. The van der Waals surface area contributed by atoms with E-state index in [1.165, 1.54) is 19.4 Å². The number of aromatic nitrogens is 2. The predicted octanol–water partition coefficient (Wildman–Crippen LogP) is 1.17. The fraction of sp³-hybridized carbons (Fsp3) is 0.706. The molecule has 1 atom stereocenters. The number of aromatic amines is 1. The average molecular weight is 320 g/mol. The van der Waals surface area contributed by atoms with Crippen LogP contribution < -0.4 is 11.0 Å². The zero-order valence-corrected chi connectivity index (χ0v) is 14.4. The Morgan fingerprint density at radius 1 is 1.43 bits per heavy atom. The van der Waals surface area contributed by atoms with Crippen LogP contribution in [0.25, 0.3) is 0 Å². The number of hydrogen-bond donors (Lipinski definition) is 2. The van der Waals surface area contributed by atoms with Gasteiger partial charge in [-0.3, -0.25) is 4.79 Å². The summed E-state index contributed by atoms with van der Waals surface area (Å²) in [5.74, 6) is 0.765. The maximum Gasteiger partial charge on any atom is 0.345 e. The summed E-state index contributed by atoms with van der Waals surface area (Å²) in [7, 11) is 2.16. The lowest BCUT2D eigenvalue weighted by Gasteiger charge is -2.29. The molecule has 2 rings (SSSR count). The van der Waals surface area contributed by atoms with Crippen molar-refractivity contribution < 1.29 is 4.79 Å². The van der Waals surface area contributed by atoms with E-state index in [4.69, 9.17) is 0 Å². The van der Waals surface area contributed by atoms with Crippen LogP contribution in [0.1, 0.15) is 42.6 Å². The van der Waals surface area contributed by atoms with Crippen molar-refractivity contribution in [1.82, 2.24) is 20.2 Å². The van der Waals surface area contributed by atoms with Crippen molar-refractivity contribution in [2.45, 2.75) is 46.0 Å². The summed E-state index contributed by atoms with van der Waals surface area (Å²) >= 11 is 0. The minimum atomic E-state index is -0.328. The molecule has 1 fully saturated rings. The molecule has 0 bridgehead atoms. The van der Waals surface area contributed by atoms with Crippen LogP contribution >= 0.6 is 0 Å². The van der Waals surface area contributed by atoms with Crippen molar-refractivity contribution >= 4 is 5.91 Å². The van der Waals surface area contributed by atoms with Gasteiger partial charge in [-0.25, -0.2) is 4.79 Å². The number of nitrogens with one attached hydrogen (secondary N) is 2. The van der Waals surface area contributed by atoms with Gasteiger partial charge >= 0.3 is 5.69 Å². The van der Waals surface area contributed by atoms with Crippen molar-refractivity contribution in [1.29, 1.82) is 0 Å². The van der Waals surface area contributed by atoms with Gasteiger partial charge in [0.2, 0.25) is 5.91 Å². The van der Waals surface area contributed by atoms with E-state index in [2.05, 4.69) is 27.2 Å². The van der Waals surface area contributed by atoms with E-state index in [0.717, 1.165) is 30.8 Å². The molecule has 0 aromatic carbocycles. The molecule has 0 radical (unpaired) electrons. The summed E-state index contributed by atoms with van der Waals surface area (Å²) in [5, 5.41) is 3.02. The maximum atomic E-state index is 12.0. The van der Waals surface area contributed by atoms with Gasteiger partial charge in [0.25, 0.3) is 0 Å². The normalized spacial score (nSPS) is 18.8. The first-order valence-electron chi connectivity index (χ1n) is 8.47. The van der Waals surface area contributed by atoms with E-state index >= 15 is 0 Å². The first-order chi connectivity index (χ1) is 11.0. The summed E-state index contributed by atoms with van der Waals surface area (Å²) in [4.78, 5) is 32.2. The first-order valence-corrected chi connectivity index (χ1v) is 8.47. The monoisotopic (exact) mass is 320 g/mol. The average Bonchev–Trinajstić information content (AvgIpc) is 2.46. The van der Waals surface area contributed by atoms with Gasteiger partial charge in [-0.05, 0) is 64.6 Å². The molecule has 0 aliphatic carbocycles. The molecule has 1 aliphatic heterocycles. The van der Waals surface area contributed by atoms with Crippen LogP contribution in [0.4, 0.5) is 0 Å². The van der Waals surface area contributed by atoms with Gasteiger partial charge in [-0.1, -0.05) is 0 Å². The number of hydrogen-bond acceptors (Lipinski definition) is 4. The molecule has 0 saturated carbocycles. The predicted molar refractivity (Wildman–Crippen MR) is 90.5 cm³/mol. The van der Waals surface area contributed by atoms with Crippen LogP contribution in [0.2, 0.25) is 0 Å². The third-order valence-corrected chi connectivity index (χ3v) is 4.65. The number of nitrogens with zero attached hydrogens (tertiary/aromatic N) is 2. The summed E-state index contributed by atoms with van der Waals surface area (Å²) in [6.07, 6.45) is 4.61. The molecule has 23 heavy (non-hydrogen) atoms. The highest BCUT2D eigenvalue weighted by molar-refractivity contribution is 5.76. The molecule has 1 aliphatic rings. The van der Waals surface area contributed by atoms with Crippen LogP contribution in [0, 0.1) is 19.8 Å². The van der Waals surface area contributed by atoms with Gasteiger partial charge < -0.3 is 15.2 Å². The fourth-order valence-corrected chi connectivity index (χ4v) is 3.37. The highest BCUT2D eigenvalue weighted by atomic mass is 16.1. The molecule has 1 aromatic rings. The number of piperidine rings is 1. The number of amides is 1. The van der Waals surface area contributed by atoms with E-state index in [0.29, 0.717) is 24.5 Å². The molecule has 6 heteroatoms. The number of aryl methyl sites for hydroxylation is 2. The Morgan fingerprint density at radius 3 is 2.91 bits per heavy atom. The topological polar surface area (TPSA) is 78.1 Å². The van der Waals surface area contributed by atoms with Crippen LogP contribution in [0.3, 0.4) is 0 Å². The fourth-order valence-electron chi connectivity index (χ4n) is 3.37. The standard InChI is InChI=1S/C17H28N4O2/c1-12-15(13(2)20-17(23)19-12)6-7-16(22)18-9-8-14-5-4-10-21(3)11-14/h14H,4-11H2,1-3H3,(H,18,22)(H,19,20,23)/t14-/m1/s1. The van der Waals surface area contributed by atoms with Crippen molar-refractivity contribution in [3.63, 3.8) is 0 Å². The first kappa shape index (κ1) is 17.7. The Hall–Kier alpha value is -1.69. The summed E-state index contributed by atoms with van der Waals surface area (Å²) < 4.78 is 0. The largest absolute Gasteiger partial charge is 0.356 e. The number of H-pyrrole nitrogens is 1. The number of carbonyl (C=O) groups excluding carboxylic acids is 1. The SMILES string of the molecule is Cc1nc(=O)[nH]c(C)c1CCC(=O)NCC[C@H]1CCCN(C)C1. The summed E-state index contributed by atoms with van der Waals surface area (Å²) in [6.45, 7) is 6.74. The molecule has 1 amide bonds. The van der Waals surface area contributed by atoms with Gasteiger partial charge in [-0.15, -0.1) is 0 Å². The summed E-state index contributed by atoms with van der Waals surface area (Å²) in [5.41, 5.74) is 2.16. The van der Waals surface area contributed by atoms with Gasteiger partial charge in [0.05, 0.1) is 0 Å². The lowest BCUT2D eigenvalue weighted by atomic mass is 9.95. The molecule has 0 unspecified atom stereocenters. The van der Waals surface area contributed by atoms with Crippen molar-refractivity contribution in [2.75, 3.05) is 26.7 Å². The van der Waals surface area contributed by atoms with E-state index in [1.807, 2.05) is 13.8 Å². The minimum Gasteiger partial charge on any atom is -0.356 e. The number of likely N-dealkylation sites (tertiary alicyclic amines) is 1. The van der Waals surface area contributed by atoms with Crippen LogP contribution in [0.15, 0.2) is 4.79 Å². The van der Waals surface area contributed by atoms with E-state index < -0.39 is 0 Å². The molecule has 6 nitrogen and oxygen atoms in total. The van der Waals surface area contributed by atoms with Crippen LogP contribution in [0.5, 0.6) is 0 Å². The molecular formula is C17H28N4O2. The second-order valence-electron chi connectivity index (χ2n) is 6.64. The second-order valence-corrected chi connectivity index (χ2v) is 6.64. The Kier molecular flexibility index (Phi) is 6.33. The highest BCUT2D eigenvalue weighted by Gasteiger charge is 2.17. The smallest absolute Gasteiger partial charge is 0.345 e. The molecule has 2 N–H and O–H groups in total. The van der Waals surface area contributed by atoms with Crippen molar-refractivity contribution in [3.8, 4) is 0 Å². The second kappa shape index (κ2) is 8.24. The molecule has 2 heterocycles. The van der Waals surface area contributed by atoms with Gasteiger partial charge in [0, 0.05) is 30.9 Å². The zero-order chi connectivity index (χ0) is 16.8. The third kappa shape index (κ3) is 5.46. The van der Waals surface area contributed by atoms with Crippen molar-refractivity contribution in [3.05, 3.63) is 27.4 Å². The van der Waals surface area contributed by atoms with Crippen LogP contribution in [-0.4, -0.2) is 47.5 Å². The van der Waals surface area contributed by atoms with Crippen LogP contribution in [-0.2, 0) is 11.2 Å². The van der Waals surface area contributed by atoms with Gasteiger partial charge in [-0.2, -0.15) is 4.98 Å². The summed E-state index contributed by atoms with van der Waals surface area (Å²) in [6, 6.07) is 0. The lowest BCUT2D eigenvalue weighted by molar-refractivity contribution is -0.121. The number of rotatable bonds is 6. The molecule has 0 spiro atoms. The quantitative estimate of drug-likeness (QED) is 0.825.